The van der Waals surface area contributed by atoms with Crippen LogP contribution in [-0.4, -0.2) is 48.1 Å². The van der Waals surface area contributed by atoms with Gasteiger partial charge < -0.3 is 28.9 Å². The smallest absolute Gasteiger partial charge is 0.491 e. The molecule has 1 unspecified atom stereocenters. The third-order valence-electron chi connectivity index (χ3n) is 5.94. The van der Waals surface area contributed by atoms with E-state index >= 15 is 0 Å². The number of aliphatic hydroxyl groups excluding tert-OH is 1. The van der Waals surface area contributed by atoms with Crippen molar-refractivity contribution in [3.8, 4) is 29.1 Å². The maximum absolute atomic E-state index is 13.1. The largest absolute Gasteiger partial charge is 0.533 e. The highest BCUT2D eigenvalue weighted by Crippen LogP contribution is 2.20. The van der Waals surface area contributed by atoms with Gasteiger partial charge in [0.15, 0.2) is 0 Å². The molecule has 210 valence electrons. The molecule has 0 amide bonds. The molecular formula is C31H32FNO7. The van der Waals surface area contributed by atoms with E-state index in [1.807, 2.05) is 6.07 Å². The van der Waals surface area contributed by atoms with Gasteiger partial charge in [-0.2, -0.15) is 0 Å². The quantitative estimate of drug-likeness (QED) is 0.113. The van der Waals surface area contributed by atoms with Crippen LogP contribution in [0.15, 0.2) is 84.9 Å². The van der Waals surface area contributed by atoms with Crippen LogP contribution in [0.5, 0.6) is 17.2 Å². The van der Waals surface area contributed by atoms with Gasteiger partial charge in [-0.25, -0.2) is 9.18 Å². The number of carbonyl (C=O) groups excluding carboxylic acids is 1. The number of halogens is 1. The fraction of sp³-hybridized carbons (Fsp3) is 0.323. The number of rotatable bonds is 10. The summed E-state index contributed by atoms with van der Waals surface area (Å²) in [5.41, 5.74) is 0. The van der Waals surface area contributed by atoms with E-state index in [1.165, 1.54) is 12.1 Å². The van der Waals surface area contributed by atoms with Gasteiger partial charge >= 0.3 is 6.16 Å². The minimum Gasteiger partial charge on any atom is -0.491 e. The molecule has 0 radical (unpaired) electrons. The summed E-state index contributed by atoms with van der Waals surface area (Å²) in [5.74, 6) is 7.16. The second-order valence-electron chi connectivity index (χ2n) is 9.02. The first-order chi connectivity index (χ1) is 19.5. The Bertz CT molecular complexity index is 1230. The Morgan fingerprint density at radius 2 is 1.62 bits per heavy atom. The number of ether oxygens (including phenoxy) is 4. The van der Waals surface area contributed by atoms with Gasteiger partial charge in [0.05, 0.1) is 12.6 Å². The molecule has 8 nitrogen and oxygen atoms in total. The van der Waals surface area contributed by atoms with E-state index < -0.39 is 12.6 Å². The molecule has 4 rings (SSSR count). The monoisotopic (exact) mass is 549 g/mol. The zero-order valence-electron chi connectivity index (χ0n) is 22.0. The fourth-order valence-corrected chi connectivity index (χ4v) is 3.95. The van der Waals surface area contributed by atoms with Crippen molar-refractivity contribution < 1.29 is 38.1 Å². The molecule has 1 aliphatic rings. The van der Waals surface area contributed by atoms with Gasteiger partial charge in [-0.05, 0) is 67.8 Å². The normalized spacial score (nSPS) is 17.6. The Kier molecular flexibility index (Phi) is 11.2. The molecule has 0 spiro atoms. The van der Waals surface area contributed by atoms with Crippen LogP contribution >= 0.6 is 0 Å². The van der Waals surface area contributed by atoms with Gasteiger partial charge in [-0.1, -0.05) is 59.7 Å². The van der Waals surface area contributed by atoms with E-state index in [4.69, 9.17) is 23.8 Å². The second-order valence-corrected chi connectivity index (χ2v) is 9.02. The molecule has 0 saturated carbocycles. The third kappa shape index (κ3) is 9.89. The van der Waals surface area contributed by atoms with Crippen molar-refractivity contribution in [3.05, 3.63) is 90.7 Å². The third-order valence-corrected chi connectivity index (χ3v) is 5.94. The van der Waals surface area contributed by atoms with Crippen molar-refractivity contribution in [2.45, 2.75) is 50.7 Å². The lowest BCUT2D eigenvalue weighted by atomic mass is 10.1. The van der Waals surface area contributed by atoms with Gasteiger partial charge in [-0.3, -0.25) is 0 Å². The standard InChI is InChI=1S/C31H32FNO7/c32-24-18-20-25(21-19-24)36-23-29-17-8-7-15-26(37-29)16-9-10-22-33(30(34)38-27-11-3-1-4-12-27)40-31(35)39-28-13-5-2-6-14-28/h1-6,11-14,18-21,26,29-30,34H,7-8,10,15,17,22-23H2/t26-,29-,30?/m0/s1. The summed E-state index contributed by atoms with van der Waals surface area (Å²) in [6.07, 6.45) is 0.801. The highest BCUT2D eigenvalue weighted by Gasteiger charge is 2.24. The molecule has 1 heterocycles. The summed E-state index contributed by atoms with van der Waals surface area (Å²) in [7, 11) is 0. The van der Waals surface area contributed by atoms with Gasteiger partial charge in [0.25, 0.3) is 6.41 Å². The minimum atomic E-state index is -1.59. The lowest BCUT2D eigenvalue weighted by Gasteiger charge is -2.25. The topological polar surface area (TPSA) is 86.7 Å². The molecule has 3 atom stereocenters. The number of aliphatic hydroxyl groups is 1. The molecule has 1 aliphatic heterocycles. The van der Waals surface area contributed by atoms with Crippen molar-refractivity contribution in [1.82, 2.24) is 5.06 Å². The molecule has 0 aliphatic carbocycles. The molecule has 3 aromatic rings. The SMILES string of the molecule is O=C(Oc1ccccc1)ON(CCC#C[C@@H]1CCCC[C@@H](COc2ccc(F)cc2)O1)C(O)Oc1ccccc1. The summed E-state index contributed by atoms with van der Waals surface area (Å²) in [4.78, 5) is 17.6. The highest BCUT2D eigenvalue weighted by molar-refractivity contribution is 5.63. The fourth-order valence-electron chi connectivity index (χ4n) is 3.95. The van der Waals surface area contributed by atoms with Crippen LogP contribution in [0.25, 0.3) is 0 Å². The van der Waals surface area contributed by atoms with Crippen LogP contribution in [0, 0.1) is 17.7 Å². The van der Waals surface area contributed by atoms with E-state index in [1.54, 1.807) is 66.7 Å². The van der Waals surface area contributed by atoms with Gasteiger partial charge in [0.1, 0.15) is 35.8 Å². The van der Waals surface area contributed by atoms with Crippen LogP contribution in [0.1, 0.15) is 32.1 Å². The molecule has 0 aromatic heterocycles. The molecule has 0 bridgehead atoms. The predicted molar refractivity (Wildman–Crippen MR) is 145 cm³/mol. The van der Waals surface area contributed by atoms with Crippen molar-refractivity contribution in [3.63, 3.8) is 0 Å². The lowest BCUT2D eigenvalue weighted by Crippen LogP contribution is -2.42. The van der Waals surface area contributed by atoms with Crippen LogP contribution in [-0.2, 0) is 9.57 Å². The van der Waals surface area contributed by atoms with Gasteiger partial charge in [-0.15, -0.1) is 0 Å². The van der Waals surface area contributed by atoms with E-state index in [2.05, 4.69) is 11.8 Å². The number of para-hydroxylation sites is 2. The summed E-state index contributed by atoms with van der Waals surface area (Å²) < 4.78 is 35.7. The minimum absolute atomic E-state index is 0.0503. The Morgan fingerprint density at radius 3 is 2.35 bits per heavy atom. The summed E-state index contributed by atoms with van der Waals surface area (Å²) >= 11 is 0. The maximum atomic E-state index is 13.1. The van der Waals surface area contributed by atoms with E-state index in [0.29, 0.717) is 23.9 Å². The van der Waals surface area contributed by atoms with Crippen molar-refractivity contribution in [2.75, 3.05) is 13.2 Å². The predicted octanol–water partition coefficient (Wildman–Crippen LogP) is 5.71. The number of nitrogens with zero attached hydrogens (tertiary/aromatic N) is 1. The molecule has 1 fully saturated rings. The van der Waals surface area contributed by atoms with E-state index in [-0.39, 0.29) is 31.0 Å². The maximum Gasteiger partial charge on any atom is 0.533 e. The lowest BCUT2D eigenvalue weighted by molar-refractivity contribution is -0.269. The zero-order chi connectivity index (χ0) is 28.0. The molecule has 40 heavy (non-hydrogen) atoms. The second kappa shape index (κ2) is 15.5. The average molecular weight is 550 g/mol. The molecule has 1 N–H and O–H groups in total. The van der Waals surface area contributed by atoms with Crippen LogP contribution in [0.4, 0.5) is 9.18 Å². The molecule has 1 saturated heterocycles. The zero-order valence-corrected chi connectivity index (χ0v) is 22.0. The first-order valence-corrected chi connectivity index (χ1v) is 13.2. The Morgan fingerprint density at radius 1 is 0.950 bits per heavy atom. The molecule has 9 heteroatoms. The van der Waals surface area contributed by atoms with Crippen LogP contribution in [0.3, 0.4) is 0 Å². The van der Waals surface area contributed by atoms with Crippen molar-refractivity contribution >= 4 is 6.16 Å². The first-order valence-electron chi connectivity index (χ1n) is 13.2. The number of hydrogen-bond donors (Lipinski definition) is 1. The number of hydroxylamine groups is 2. The highest BCUT2D eigenvalue weighted by atomic mass is 19.1. The summed E-state index contributed by atoms with van der Waals surface area (Å²) in [6.45, 7) is 0.396. The van der Waals surface area contributed by atoms with E-state index in [0.717, 1.165) is 30.7 Å². The Balaban J connectivity index is 1.31. The average Bonchev–Trinajstić information content (AvgIpc) is 3.20. The van der Waals surface area contributed by atoms with E-state index in [9.17, 15) is 14.3 Å². The number of benzene rings is 3. The van der Waals surface area contributed by atoms with Crippen molar-refractivity contribution in [2.24, 2.45) is 0 Å². The summed E-state index contributed by atoms with van der Waals surface area (Å²) in [6, 6.07) is 23.0. The number of hydrogen-bond acceptors (Lipinski definition) is 8. The molecular weight excluding hydrogens is 517 g/mol. The van der Waals surface area contributed by atoms with Gasteiger partial charge in [0.2, 0.25) is 0 Å². The van der Waals surface area contributed by atoms with Crippen LogP contribution in [0.2, 0.25) is 0 Å². The Labute approximate surface area is 233 Å². The first kappa shape index (κ1) is 28.9. The van der Waals surface area contributed by atoms with Crippen LogP contribution < -0.4 is 14.2 Å². The van der Waals surface area contributed by atoms with Crippen molar-refractivity contribution in [1.29, 1.82) is 0 Å². The Hall–Kier alpha value is -4.10. The van der Waals surface area contributed by atoms with Gasteiger partial charge in [0, 0.05) is 6.42 Å². The summed E-state index contributed by atoms with van der Waals surface area (Å²) in [5, 5.41) is 11.6. The molecule has 3 aromatic carbocycles. The number of carbonyl (C=O) groups is 1.